The Morgan fingerprint density at radius 2 is 1.88 bits per heavy atom. The van der Waals surface area contributed by atoms with Crippen molar-refractivity contribution < 1.29 is 15.0 Å². The number of phenols is 1. The van der Waals surface area contributed by atoms with Crippen molar-refractivity contribution in [3.63, 3.8) is 0 Å². The van der Waals surface area contributed by atoms with Crippen LogP contribution in [0, 0.1) is 6.92 Å². The van der Waals surface area contributed by atoms with E-state index in [2.05, 4.69) is 15.3 Å². The molecule has 2 aromatic heterocycles. The highest BCUT2D eigenvalue weighted by Crippen LogP contribution is 2.36. The van der Waals surface area contributed by atoms with Gasteiger partial charge in [0.2, 0.25) is 0 Å². The Morgan fingerprint density at radius 3 is 2.68 bits per heavy atom. The smallest absolute Gasteiger partial charge is 0.346 e. The van der Waals surface area contributed by atoms with Crippen molar-refractivity contribution in [1.29, 1.82) is 0 Å². The van der Waals surface area contributed by atoms with Gasteiger partial charge in [0.15, 0.2) is 0 Å². The molecule has 2 heterocycles. The number of anilines is 2. The maximum Gasteiger partial charge on any atom is 0.346 e. The zero-order valence-corrected chi connectivity index (χ0v) is 14.0. The number of aromatic hydroxyl groups is 1. The molecular formula is C18H13N3O3S. The molecule has 0 saturated carbocycles. The number of phenolic OH excluding ortho intramolecular Hbond substituents is 1. The first kappa shape index (κ1) is 15.3. The average molecular weight is 351 g/mol. The molecule has 4 rings (SSSR count). The molecule has 4 aromatic rings. The zero-order valence-electron chi connectivity index (χ0n) is 13.1. The minimum atomic E-state index is -0.971. The van der Waals surface area contributed by atoms with Gasteiger partial charge in [-0.2, -0.15) is 0 Å². The van der Waals surface area contributed by atoms with Crippen LogP contribution in [0.1, 0.15) is 15.2 Å². The minimum absolute atomic E-state index is 0.203. The van der Waals surface area contributed by atoms with E-state index in [1.165, 1.54) is 6.33 Å². The molecule has 0 spiro atoms. The molecule has 3 N–H and O–H groups in total. The van der Waals surface area contributed by atoms with E-state index in [1.54, 1.807) is 19.1 Å². The summed E-state index contributed by atoms with van der Waals surface area (Å²) in [6.45, 7) is 1.76. The van der Waals surface area contributed by atoms with Crippen molar-refractivity contribution in [1.82, 2.24) is 9.97 Å². The summed E-state index contributed by atoms with van der Waals surface area (Å²) in [5, 5.41) is 24.9. The van der Waals surface area contributed by atoms with Crippen LogP contribution in [0.3, 0.4) is 0 Å². The minimum Gasteiger partial charge on any atom is -0.507 e. The first-order valence-corrected chi connectivity index (χ1v) is 8.33. The number of benzene rings is 2. The second kappa shape index (κ2) is 5.71. The lowest BCUT2D eigenvalue weighted by Crippen LogP contribution is -1.97. The van der Waals surface area contributed by atoms with E-state index in [1.807, 2.05) is 24.3 Å². The fourth-order valence-electron chi connectivity index (χ4n) is 2.90. The van der Waals surface area contributed by atoms with Gasteiger partial charge in [0.1, 0.15) is 27.6 Å². The van der Waals surface area contributed by atoms with Crippen molar-refractivity contribution >= 4 is 49.8 Å². The van der Waals surface area contributed by atoms with Gasteiger partial charge in [0.25, 0.3) is 0 Å². The van der Waals surface area contributed by atoms with Crippen LogP contribution < -0.4 is 5.32 Å². The largest absolute Gasteiger partial charge is 0.507 e. The Hall–Kier alpha value is -3.19. The van der Waals surface area contributed by atoms with Gasteiger partial charge in [-0.05, 0) is 24.6 Å². The number of fused-ring (bicyclic) bond motifs is 2. The van der Waals surface area contributed by atoms with Gasteiger partial charge in [0, 0.05) is 16.5 Å². The Morgan fingerprint density at radius 1 is 1.12 bits per heavy atom. The SMILES string of the molecule is Cc1c(C(=O)O)sc2ncnc(Nc3cccc4c(O)cccc34)c12. The number of thiophene rings is 1. The highest BCUT2D eigenvalue weighted by atomic mass is 32.1. The van der Waals surface area contributed by atoms with E-state index < -0.39 is 5.97 Å². The number of carbonyl (C=O) groups is 1. The van der Waals surface area contributed by atoms with Crippen LogP contribution in [0.2, 0.25) is 0 Å². The molecule has 0 aliphatic heterocycles. The van der Waals surface area contributed by atoms with Gasteiger partial charge in [-0.15, -0.1) is 11.3 Å². The number of rotatable bonds is 3. The van der Waals surface area contributed by atoms with Crippen molar-refractivity contribution in [3.8, 4) is 5.75 Å². The molecule has 25 heavy (non-hydrogen) atoms. The van der Waals surface area contributed by atoms with Gasteiger partial charge in [-0.3, -0.25) is 0 Å². The molecule has 0 amide bonds. The Balaban J connectivity index is 1.90. The number of carboxylic acid groups (broad SMARTS) is 1. The summed E-state index contributed by atoms with van der Waals surface area (Å²) < 4.78 is 0. The molecule has 0 atom stereocenters. The number of aromatic nitrogens is 2. The standard InChI is InChI=1S/C18H13N3O3S/c1-9-14-16(19-8-20-17(14)25-15(9)18(23)24)21-12-6-2-5-11-10(12)4-3-7-13(11)22/h2-8,22H,1H3,(H,23,24)(H,19,20,21). The van der Waals surface area contributed by atoms with Crippen LogP contribution in [0.15, 0.2) is 42.7 Å². The molecule has 0 bridgehead atoms. The number of nitrogens with zero attached hydrogens (tertiary/aromatic N) is 2. The van der Waals surface area contributed by atoms with E-state index in [0.717, 1.165) is 27.8 Å². The quantitative estimate of drug-likeness (QED) is 0.509. The van der Waals surface area contributed by atoms with E-state index in [0.29, 0.717) is 21.6 Å². The number of hydrogen-bond acceptors (Lipinski definition) is 6. The first-order valence-electron chi connectivity index (χ1n) is 7.51. The normalized spacial score (nSPS) is 11.1. The van der Waals surface area contributed by atoms with E-state index in [-0.39, 0.29) is 10.6 Å². The Bertz CT molecular complexity index is 1140. The second-order valence-electron chi connectivity index (χ2n) is 5.57. The van der Waals surface area contributed by atoms with Crippen LogP contribution >= 0.6 is 11.3 Å². The van der Waals surface area contributed by atoms with Crippen molar-refractivity contribution in [2.45, 2.75) is 6.92 Å². The predicted octanol–water partition coefficient (Wildman–Crippen LogP) is 4.30. The van der Waals surface area contributed by atoms with Gasteiger partial charge in [-0.1, -0.05) is 24.3 Å². The van der Waals surface area contributed by atoms with E-state index in [4.69, 9.17) is 0 Å². The monoisotopic (exact) mass is 351 g/mol. The summed E-state index contributed by atoms with van der Waals surface area (Å²) in [7, 11) is 0. The highest BCUT2D eigenvalue weighted by Gasteiger charge is 2.19. The molecule has 124 valence electrons. The zero-order chi connectivity index (χ0) is 17.6. The summed E-state index contributed by atoms with van der Waals surface area (Å²) in [5.41, 5.74) is 1.41. The van der Waals surface area contributed by atoms with Crippen LogP contribution in [0.4, 0.5) is 11.5 Å². The van der Waals surface area contributed by atoms with Gasteiger partial charge >= 0.3 is 5.97 Å². The lowest BCUT2D eigenvalue weighted by atomic mass is 10.1. The second-order valence-corrected chi connectivity index (χ2v) is 6.57. The topological polar surface area (TPSA) is 95.3 Å². The number of nitrogens with one attached hydrogen (secondary N) is 1. The van der Waals surface area contributed by atoms with Crippen LogP contribution in [-0.2, 0) is 0 Å². The van der Waals surface area contributed by atoms with Gasteiger partial charge in [-0.25, -0.2) is 14.8 Å². The van der Waals surface area contributed by atoms with Crippen LogP contribution in [-0.4, -0.2) is 26.2 Å². The molecule has 0 radical (unpaired) electrons. The number of aromatic carboxylic acids is 1. The first-order chi connectivity index (χ1) is 12.1. The fraction of sp³-hybridized carbons (Fsp3) is 0.0556. The third-order valence-corrected chi connectivity index (χ3v) is 5.26. The van der Waals surface area contributed by atoms with Crippen LogP contribution in [0.25, 0.3) is 21.0 Å². The summed E-state index contributed by atoms with van der Waals surface area (Å²) in [6.07, 6.45) is 1.41. The maximum absolute atomic E-state index is 11.4. The predicted molar refractivity (Wildman–Crippen MR) is 98.0 cm³/mol. The molecule has 6 nitrogen and oxygen atoms in total. The van der Waals surface area contributed by atoms with E-state index >= 15 is 0 Å². The summed E-state index contributed by atoms with van der Waals surface area (Å²) in [4.78, 5) is 20.7. The molecule has 0 saturated heterocycles. The van der Waals surface area contributed by atoms with E-state index in [9.17, 15) is 15.0 Å². The average Bonchev–Trinajstić information content (AvgIpc) is 2.94. The molecular weight excluding hydrogens is 338 g/mol. The number of aryl methyl sites for hydroxylation is 1. The Labute approximate surface area is 146 Å². The third kappa shape index (κ3) is 2.45. The lowest BCUT2D eigenvalue weighted by Gasteiger charge is -2.11. The van der Waals surface area contributed by atoms with Crippen LogP contribution in [0.5, 0.6) is 5.75 Å². The molecule has 0 unspecified atom stereocenters. The van der Waals surface area contributed by atoms with Crippen molar-refractivity contribution in [2.24, 2.45) is 0 Å². The Kier molecular flexibility index (Phi) is 3.51. The molecule has 0 aliphatic carbocycles. The van der Waals surface area contributed by atoms with Crippen molar-refractivity contribution in [3.05, 3.63) is 53.2 Å². The molecule has 2 aromatic carbocycles. The molecule has 7 heteroatoms. The highest BCUT2D eigenvalue weighted by molar-refractivity contribution is 7.20. The van der Waals surface area contributed by atoms with Crippen molar-refractivity contribution in [2.75, 3.05) is 5.32 Å². The summed E-state index contributed by atoms with van der Waals surface area (Å²) in [6, 6.07) is 10.9. The molecule has 0 fully saturated rings. The van der Waals surface area contributed by atoms with Gasteiger partial charge < -0.3 is 15.5 Å². The number of hydrogen-bond donors (Lipinski definition) is 3. The third-order valence-electron chi connectivity index (χ3n) is 4.07. The lowest BCUT2D eigenvalue weighted by molar-refractivity contribution is 0.0701. The number of carboxylic acids is 1. The molecule has 0 aliphatic rings. The summed E-state index contributed by atoms with van der Waals surface area (Å²) in [5.74, 6) is -0.225. The summed E-state index contributed by atoms with van der Waals surface area (Å²) >= 11 is 1.13. The van der Waals surface area contributed by atoms with Gasteiger partial charge in [0.05, 0.1) is 5.39 Å². The fourth-order valence-corrected chi connectivity index (χ4v) is 3.89. The maximum atomic E-state index is 11.4.